The Morgan fingerprint density at radius 1 is 1.44 bits per heavy atom. The fourth-order valence-electron chi connectivity index (χ4n) is 2.25. The highest BCUT2D eigenvalue weighted by atomic mass is 79.9. The fourth-order valence-corrected chi connectivity index (χ4v) is 2.81. The van der Waals surface area contributed by atoms with Crippen LogP contribution >= 0.6 is 27.5 Å². The lowest BCUT2D eigenvalue weighted by molar-refractivity contribution is -0.0369. The first-order valence-corrected chi connectivity index (χ1v) is 6.99. The molecule has 0 bridgehead atoms. The average Bonchev–Trinajstić information content (AvgIpc) is 2.73. The first-order chi connectivity index (χ1) is 8.68. The molecule has 2 heterocycles. The third kappa shape index (κ3) is 1.94. The van der Waals surface area contributed by atoms with Gasteiger partial charge >= 0.3 is 0 Å². The van der Waals surface area contributed by atoms with Gasteiger partial charge in [-0.2, -0.15) is 5.10 Å². The van der Waals surface area contributed by atoms with Gasteiger partial charge in [0.1, 0.15) is 5.52 Å². The van der Waals surface area contributed by atoms with Crippen molar-refractivity contribution in [2.75, 3.05) is 6.61 Å². The van der Waals surface area contributed by atoms with Crippen molar-refractivity contribution in [3.05, 3.63) is 27.6 Å². The highest BCUT2D eigenvalue weighted by molar-refractivity contribution is 9.10. The molecule has 18 heavy (non-hydrogen) atoms. The maximum absolute atomic E-state index is 14.2. The lowest BCUT2D eigenvalue weighted by Crippen LogP contribution is -2.19. The zero-order valence-electron chi connectivity index (χ0n) is 9.50. The summed E-state index contributed by atoms with van der Waals surface area (Å²) in [4.78, 5) is 0. The van der Waals surface area contributed by atoms with Crippen molar-refractivity contribution in [2.45, 2.75) is 25.5 Å². The minimum Gasteiger partial charge on any atom is -0.356 e. The van der Waals surface area contributed by atoms with Crippen LogP contribution in [0.15, 0.2) is 16.6 Å². The summed E-state index contributed by atoms with van der Waals surface area (Å²) >= 11 is 9.24. The molecule has 0 saturated carbocycles. The number of hydrogen-bond donors (Lipinski definition) is 0. The average molecular weight is 334 g/mol. The van der Waals surface area contributed by atoms with Gasteiger partial charge in [-0.25, -0.2) is 9.07 Å². The van der Waals surface area contributed by atoms with Crippen LogP contribution in [0.2, 0.25) is 5.15 Å². The van der Waals surface area contributed by atoms with Crippen LogP contribution in [-0.4, -0.2) is 16.4 Å². The van der Waals surface area contributed by atoms with Crippen LogP contribution in [0.4, 0.5) is 4.39 Å². The number of halogens is 3. The van der Waals surface area contributed by atoms with E-state index < -0.39 is 0 Å². The van der Waals surface area contributed by atoms with Crippen molar-refractivity contribution in [3.8, 4) is 0 Å². The maximum atomic E-state index is 14.2. The standard InChI is InChI=1S/C12H11BrClFN2O/c13-8-5-4-7-11(10(8)15)17(16-12(7)14)9-3-1-2-6-18-9/h4-5,9H,1-3,6H2. The van der Waals surface area contributed by atoms with E-state index in [-0.39, 0.29) is 12.0 Å². The van der Waals surface area contributed by atoms with E-state index in [0.717, 1.165) is 19.3 Å². The van der Waals surface area contributed by atoms with Crippen LogP contribution in [0.1, 0.15) is 25.5 Å². The Labute approximate surface area is 117 Å². The van der Waals surface area contributed by atoms with E-state index >= 15 is 0 Å². The van der Waals surface area contributed by atoms with Gasteiger partial charge in [-0.3, -0.25) is 0 Å². The molecule has 1 fully saturated rings. The predicted octanol–water partition coefficient (Wildman–Crippen LogP) is 4.29. The SMILES string of the molecule is Fc1c(Br)ccc2c(Cl)nn(C3CCCCO3)c12. The van der Waals surface area contributed by atoms with E-state index in [4.69, 9.17) is 16.3 Å². The molecule has 1 unspecified atom stereocenters. The smallest absolute Gasteiger partial charge is 0.163 e. The zero-order valence-corrected chi connectivity index (χ0v) is 11.8. The number of benzene rings is 1. The topological polar surface area (TPSA) is 27.1 Å². The van der Waals surface area contributed by atoms with E-state index in [1.54, 1.807) is 16.8 Å². The summed E-state index contributed by atoms with van der Waals surface area (Å²) < 4.78 is 21.8. The molecule has 96 valence electrons. The van der Waals surface area contributed by atoms with Crippen LogP contribution in [0.3, 0.4) is 0 Å². The molecule has 0 radical (unpaired) electrons. The van der Waals surface area contributed by atoms with E-state index in [1.807, 2.05) is 0 Å². The molecule has 6 heteroatoms. The molecule has 0 aliphatic carbocycles. The molecular weight excluding hydrogens is 323 g/mol. The quantitative estimate of drug-likeness (QED) is 0.778. The Kier molecular flexibility index (Phi) is 3.30. The Morgan fingerprint density at radius 2 is 2.28 bits per heavy atom. The third-order valence-electron chi connectivity index (χ3n) is 3.14. The maximum Gasteiger partial charge on any atom is 0.163 e. The molecule has 1 aromatic carbocycles. The van der Waals surface area contributed by atoms with E-state index in [1.165, 1.54) is 0 Å². The van der Waals surface area contributed by atoms with Crippen molar-refractivity contribution in [2.24, 2.45) is 0 Å². The van der Waals surface area contributed by atoms with Gasteiger partial charge in [0.05, 0.1) is 4.47 Å². The van der Waals surface area contributed by atoms with Crippen LogP contribution in [0.5, 0.6) is 0 Å². The van der Waals surface area contributed by atoms with Gasteiger partial charge in [-0.15, -0.1) is 0 Å². The minimum atomic E-state index is -0.346. The van der Waals surface area contributed by atoms with Crippen LogP contribution in [0.25, 0.3) is 10.9 Å². The Morgan fingerprint density at radius 3 is 3.00 bits per heavy atom. The number of hydrogen-bond acceptors (Lipinski definition) is 2. The molecule has 0 N–H and O–H groups in total. The van der Waals surface area contributed by atoms with Crippen molar-refractivity contribution in [3.63, 3.8) is 0 Å². The van der Waals surface area contributed by atoms with Crippen molar-refractivity contribution >= 4 is 38.4 Å². The monoisotopic (exact) mass is 332 g/mol. The van der Waals surface area contributed by atoms with Crippen molar-refractivity contribution in [1.29, 1.82) is 0 Å². The molecule has 2 aromatic rings. The molecule has 1 aliphatic rings. The van der Waals surface area contributed by atoms with Gasteiger partial charge in [0, 0.05) is 12.0 Å². The Bertz CT molecular complexity index is 595. The van der Waals surface area contributed by atoms with E-state index in [0.29, 0.717) is 27.1 Å². The van der Waals surface area contributed by atoms with Crippen LogP contribution in [0, 0.1) is 5.82 Å². The Hall–Kier alpha value is -0.650. The first kappa shape index (κ1) is 12.4. The summed E-state index contributed by atoms with van der Waals surface area (Å²) in [7, 11) is 0. The first-order valence-electron chi connectivity index (χ1n) is 5.82. The van der Waals surface area contributed by atoms with Gasteiger partial charge in [-0.05, 0) is 47.3 Å². The number of aromatic nitrogens is 2. The molecule has 1 atom stereocenters. The highest BCUT2D eigenvalue weighted by Crippen LogP contribution is 2.33. The second kappa shape index (κ2) is 4.79. The number of nitrogens with zero attached hydrogens (tertiary/aromatic N) is 2. The van der Waals surface area contributed by atoms with Crippen molar-refractivity contribution < 1.29 is 9.13 Å². The summed E-state index contributed by atoms with van der Waals surface area (Å²) in [5.74, 6) is -0.346. The third-order valence-corrected chi connectivity index (χ3v) is 4.04. The fraction of sp³-hybridized carbons (Fsp3) is 0.417. The van der Waals surface area contributed by atoms with Crippen LogP contribution in [-0.2, 0) is 4.74 Å². The van der Waals surface area contributed by atoms with Crippen LogP contribution < -0.4 is 0 Å². The molecule has 1 aromatic heterocycles. The minimum absolute atomic E-state index is 0.224. The molecule has 0 spiro atoms. The molecule has 1 aliphatic heterocycles. The molecular formula is C12H11BrClFN2O. The van der Waals surface area contributed by atoms with Crippen molar-refractivity contribution in [1.82, 2.24) is 9.78 Å². The van der Waals surface area contributed by atoms with E-state index in [9.17, 15) is 4.39 Å². The van der Waals surface area contributed by atoms with Gasteiger partial charge in [0.25, 0.3) is 0 Å². The second-order valence-electron chi connectivity index (χ2n) is 4.31. The number of fused-ring (bicyclic) bond motifs is 1. The Balaban J connectivity index is 2.19. The van der Waals surface area contributed by atoms with Gasteiger partial charge in [0.2, 0.25) is 0 Å². The summed E-state index contributed by atoms with van der Waals surface area (Å²) in [6, 6.07) is 3.40. The zero-order chi connectivity index (χ0) is 12.7. The molecule has 3 rings (SSSR count). The molecule has 0 amide bonds. The molecule has 3 nitrogen and oxygen atoms in total. The largest absolute Gasteiger partial charge is 0.356 e. The summed E-state index contributed by atoms with van der Waals surface area (Å²) in [5, 5.41) is 5.14. The number of ether oxygens (including phenoxy) is 1. The van der Waals surface area contributed by atoms with Gasteiger partial charge in [0.15, 0.2) is 17.2 Å². The number of rotatable bonds is 1. The summed E-state index contributed by atoms with van der Waals surface area (Å²) in [6.07, 6.45) is 2.70. The lowest BCUT2D eigenvalue weighted by atomic mass is 10.2. The summed E-state index contributed by atoms with van der Waals surface area (Å²) in [5.41, 5.74) is 0.404. The highest BCUT2D eigenvalue weighted by Gasteiger charge is 2.23. The molecule has 1 saturated heterocycles. The van der Waals surface area contributed by atoms with E-state index in [2.05, 4.69) is 21.0 Å². The second-order valence-corrected chi connectivity index (χ2v) is 5.53. The van der Waals surface area contributed by atoms with Gasteiger partial charge < -0.3 is 4.74 Å². The van der Waals surface area contributed by atoms with Gasteiger partial charge in [-0.1, -0.05) is 11.6 Å². The predicted molar refractivity (Wildman–Crippen MR) is 71.2 cm³/mol. The lowest BCUT2D eigenvalue weighted by Gasteiger charge is -2.23. The summed E-state index contributed by atoms with van der Waals surface area (Å²) in [6.45, 7) is 0.680. The normalized spacial score (nSPS) is 20.5.